The zero-order chi connectivity index (χ0) is 18.6. The molecule has 0 bridgehead atoms. The Morgan fingerprint density at radius 1 is 1.48 bits per heavy atom. The van der Waals surface area contributed by atoms with Crippen LogP contribution in [0.3, 0.4) is 0 Å². The minimum atomic E-state index is -0.588. The van der Waals surface area contributed by atoms with E-state index in [9.17, 15) is 19.7 Å². The number of nitrogens with zero attached hydrogens (tertiary/aromatic N) is 2. The summed E-state index contributed by atoms with van der Waals surface area (Å²) in [6.07, 6.45) is -0.0811. The van der Waals surface area contributed by atoms with E-state index < -0.39 is 16.1 Å². The van der Waals surface area contributed by atoms with Crippen molar-refractivity contribution < 1.29 is 14.5 Å². The highest BCUT2D eigenvalue weighted by Crippen LogP contribution is 2.27. The molecule has 1 saturated heterocycles. The number of rotatable bonds is 6. The monoisotopic (exact) mass is 364 g/mol. The van der Waals surface area contributed by atoms with E-state index in [1.807, 2.05) is 13.8 Å². The van der Waals surface area contributed by atoms with Gasteiger partial charge in [-0.2, -0.15) is 0 Å². The second kappa shape index (κ2) is 8.11. The summed E-state index contributed by atoms with van der Waals surface area (Å²) in [5, 5.41) is 16.2. The van der Waals surface area contributed by atoms with Crippen LogP contribution in [0.25, 0.3) is 0 Å². The lowest BCUT2D eigenvalue weighted by Crippen LogP contribution is -2.28. The Morgan fingerprint density at radius 3 is 2.84 bits per heavy atom. The maximum atomic E-state index is 12.2. The molecule has 25 heavy (non-hydrogen) atoms. The fourth-order valence-corrected chi connectivity index (χ4v) is 3.13. The van der Waals surface area contributed by atoms with Gasteiger partial charge in [-0.1, -0.05) is 31.7 Å². The lowest BCUT2D eigenvalue weighted by molar-refractivity contribution is -0.384. The van der Waals surface area contributed by atoms with Gasteiger partial charge in [0, 0.05) is 19.0 Å². The van der Waals surface area contributed by atoms with Crippen LogP contribution < -0.4 is 10.6 Å². The van der Waals surface area contributed by atoms with Crippen LogP contribution in [-0.4, -0.2) is 33.7 Å². The van der Waals surface area contributed by atoms with Crippen molar-refractivity contribution in [1.82, 2.24) is 5.32 Å². The molecule has 1 aromatic rings. The molecule has 2 rings (SSSR count). The molecule has 1 atom stereocenters. The number of amidine groups is 1. The predicted molar refractivity (Wildman–Crippen MR) is 97.7 cm³/mol. The first-order valence-electron chi connectivity index (χ1n) is 7.83. The number of aliphatic imine (C=N–C) groups is 1. The van der Waals surface area contributed by atoms with E-state index in [0.717, 1.165) is 5.56 Å². The summed E-state index contributed by atoms with van der Waals surface area (Å²) in [5.41, 5.74) is 0.676. The maximum Gasteiger partial charge on any atom is 0.293 e. The van der Waals surface area contributed by atoms with Gasteiger partial charge in [-0.05, 0) is 24.5 Å². The molecule has 2 amide bonds. The van der Waals surface area contributed by atoms with E-state index in [1.54, 1.807) is 13.0 Å². The molecular formula is C16H20N4O4S. The fraction of sp³-hybridized carbons (Fsp3) is 0.438. The minimum absolute atomic E-state index is 0.0811. The topological polar surface area (TPSA) is 114 Å². The first kappa shape index (κ1) is 18.9. The Balaban J connectivity index is 2.00. The van der Waals surface area contributed by atoms with Crippen LogP contribution in [-0.2, 0) is 9.59 Å². The van der Waals surface area contributed by atoms with Crippen molar-refractivity contribution in [2.45, 2.75) is 32.4 Å². The standard InChI is InChI=1S/C16H20N4O4S/c1-9(2)8-17-16-19-15(22)13(25-16)7-14(21)18-11-5-4-10(3)6-12(11)20(23)24/h4-6,9,13H,7-8H2,1-3H3,(H,18,21)(H,17,19,22)/t13-/m1/s1. The van der Waals surface area contributed by atoms with Gasteiger partial charge in [-0.3, -0.25) is 24.7 Å². The van der Waals surface area contributed by atoms with Crippen LogP contribution in [0.4, 0.5) is 11.4 Å². The molecule has 0 saturated carbocycles. The van der Waals surface area contributed by atoms with Crippen molar-refractivity contribution in [1.29, 1.82) is 0 Å². The van der Waals surface area contributed by atoms with Crippen molar-refractivity contribution >= 4 is 40.1 Å². The summed E-state index contributed by atoms with van der Waals surface area (Å²) < 4.78 is 0. The molecule has 8 nitrogen and oxygen atoms in total. The number of nitro groups is 1. The quantitative estimate of drug-likeness (QED) is 0.594. The second-order valence-corrected chi connectivity index (χ2v) is 7.36. The van der Waals surface area contributed by atoms with Gasteiger partial charge in [0.25, 0.3) is 5.69 Å². The zero-order valence-electron chi connectivity index (χ0n) is 14.2. The van der Waals surface area contributed by atoms with E-state index in [4.69, 9.17) is 0 Å². The van der Waals surface area contributed by atoms with E-state index >= 15 is 0 Å². The fourth-order valence-electron chi connectivity index (χ4n) is 2.15. The normalized spacial score (nSPS) is 18.5. The number of nitro benzene ring substituents is 1. The van der Waals surface area contributed by atoms with Crippen LogP contribution in [0.2, 0.25) is 0 Å². The number of aryl methyl sites for hydroxylation is 1. The summed E-state index contributed by atoms with van der Waals surface area (Å²) in [4.78, 5) is 39.0. The van der Waals surface area contributed by atoms with Crippen molar-refractivity contribution in [3.63, 3.8) is 0 Å². The third-order valence-corrected chi connectivity index (χ3v) is 4.49. The Morgan fingerprint density at radius 2 is 2.20 bits per heavy atom. The molecule has 1 aromatic carbocycles. The lowest BCUT2D eigenvalue weighted by Gasteiger charge is -2.08. The van der Waals surface area contributed by atoms with Crippen LogP contribution in [0, 0.1) is 23.0 Å². The lowest BCUT2D eigenvalue weighted by atomic mass is 10.2. The van der Waals surface area contributed by atoms with E-state index in [2.05, 4.69) is 15.6 Å². The summed E-state index contributed by atoms with van der Waals surface area (Å²) >= 11 is 1.21. The number of nitrogens with one attached hydrogen (secondary N) is 2. The number of hydrogen-bond donors (Lipinski definition) is 2. The molecule has 2 N–H and O–H groups in total. The van der Waals surface area contributed by atoms with Gasteiger partial charge in [-0.15, -0.1) is 0 Å². The van der Waals surface area contributed by atoms with Crippen LogP contribution >= 0.6 is 11.8 Å². The van der Waals surface area contributed by atoms with Crippen LogP contribution in [0.1, 0.15) is 25.8 Å². The molecule has 1 aliphatic rings. The van der Waals surface area contributed by atoms with Gasteiger partial charge in [-0.25, -0.2) is 0 Å². The number of carbonyl (C=O) groups excluding carboxylic acids is 2. The van der Waals surface area contributed by atoms with Crippen molar-refractivity contribution in [2.75, 3.05) is 11.9 Å². The maximum absolute atomic E-state index is 12.2. The van der Waals surface area contributed by atoms with Gasteiger partial charge in [0.15, 0.2) is 5.17 Å². The SMILES string of the molecule is Cc1ccc(NC(=O)C[C@H]2SC(=NCC(C)C)NC2=O)c([N+](=O)[O-])c1. The molecular weight excluding hydrogens is 344 g/mol. The first-order valence-corrected chi connectivity index (χ1v) is 8.71. The van der Waals surface area contributed by atoms with E-state index in [0.29, 0.717) is 17.6 Å². The van der Waals surface area contributed by atoms with E-state index in [-0.39, 0.29) is 23.7 Å². The average Bonchev–Trinajstić information content (AvgIpc) is 2.87. The molecule has 0 aliphatic carbocycles. The molecule has 0 unspecified atom stereocenters. The highest BCUT2D eigenvalue weighted by Gasteiger charge is 2.32. The van der Waals surface area contributed by atoms with Crippen molar-refractivity contribution in [3.8, 4) is 0 Å². The molecule has 9 heteroatoms. The molecule has 134 valence electrons. The number of carbonyl (C=O) groups is 2. The highest BCUT2D eigenvalue weighted by molar-refractivity contribution is 8.15. The van der Waals surface area contributed by atoms with Gasteiger partial charge >= 0.3 is 0 Å². The largest absolute Gasteiger partial charge is 0.320 e. The molecule has 0 spiro atoms. The number of anilines is 1. The number of amides is 2. The van der Waals surface area contributed by atoms with Gasteiger partial charge in [0.2, 0.25) is 11.8 Å². The number of thioether (sulfide) groups is 1. The first-order chi connectivity index (χ1) is 11.8. The summed E-state index contributed by atoms with van der Waals surface area (Å²) in [6.45, 7) is 6.36. The Bertz CT molecular complexity index is 733. The van der Waals surface area contributed by atoms with Gasteiger partial charge < -0.3 is 10.6 Å². The molecule has 0 aromatic heterocycles. The second-order valence-electron chi connectivity index (χ2n) is 6.17. The number of hydrogen-bond acceptors (Lipinski definition) is 6. The molecule has 1 fully saturated rings. The Kier molecular flexibility index (Phi) is 6.13. The summed E-state index contributed by atoms with van der Waals surface area (Å²) in [6, 6.07) is 4.56. The Hall–Kier alpha value is -2.42. The predicted octanol–water partition coefficient (Wildman–Crippen LogP) is 2.48. The Labute approximate surface area is 149 Å². The number of benzene rings is 1. The summed E-state index contributed by atoms with van der Waals surface area (Å²) in [7, 11) is 0. The third-order valence-electron chi connectivity index (χ3n) is 3.37. The van der Waals surface area contributed by atoms with Gasteiger partial charge in [0.1, 0.15) is 10.9 Å². The smallest absolute Gasteiger partial charge is 0.293 e. The zero-order valence-corrected chi connectivity index (χ0v) is 15.1. The molecule has 1 heterocycles. The molecule has 0 radical (unpaired) electrons. The van der Waals surface area contributed by atoms with Crippen molar-refractivity contribution in [3.05, 3.63) is 33.9 Å². The van der Waals surface area contributed by atoms with E-state index in [1.165, 1.54) is 23.9 Å². The molecule has 1 aliphatic heterocycles. The third kappa shape index (κ3) is 5.28. The minimum Gasteiger partial charge on any atom is -0.320 e. The average molecular weight is 364 g/mol. The highest BCUT2D eigenvalue weighted by atomic mass is 32.2. The van der Waals surface area contributed by atoms with Gasteiger partial charge in [0.05, 0.1) is 4.92 Å². The van der Waals surface area contributed by atoms with Crippen molar-refractivity contribution in [2.24, 2.45) is 10.9 Å². The summed E-state index contributed by atoms with van der Waals surface area (Å²) in [5.74, 6) is -0.361. The van der Waals surface area contributed by atoms with Crippen LogP contribution in [0.5, 0.6) is 0 Å². The van der Waals surface area contributed by atoms with Crippen LogP contribution in [0.15, 0.2) is 23.2 Å².